The first-order valence-electron chi connectivity index (χ1n) is 7.94. The van der Waals surface area contributed by atoms with E-state index in [1.807, 2.05) is 0 Å². The quantitative estimate of drug-likeness (QED) is 0.865. The SMILES string of the molecule is CCC1CCC(NC2CCCC(S(C)(=O)=O)C2)CC1. The fourth-order valence-corrected chi connectivity index (χ4v) is 4.93. The highest BCUT2D eigenvalue weighted by Crippen LogP contribution is 2.29. The molecule has 0 aromatic rings. The van der Waals surface area contributed by atoms with Gasteiger partial charge in [0.25, 0.3) is 0 Å². The largest absolute Gasteiger partial charge is 0.311 e. The van der Waals surface area contributed by atoms with Crippen molar-refractivity contribution in [2.45, 2.75) is 82.0 Å². The minimum absolute atomic E-state index is 0.106. The maximum absolute atomic E-state index is 11.7. The molecule has 2 unspecified atom stereocenters. The van der Waals surface area contributed by atoms with Crippen molar-refractivity contribution >= 4 is 9.84 Å². The summed E-state index contributed by atoms with van der Waals surface area (Å²) in [5.41, 5.74) is 0. The van der Waals surface area contributed by atoms with Gasteiger partial charge in [-0.3, -0.25) is 0 Å². The zero-order valence-electron chi connectivity index (χ0n) is 12.4. The third-order valence-corrected chi connectivity index (χ3v) is 6.77. The van der Waals surface area contributed by atoms with E-state index in [4.69, 9.17) is 0 Å². The van der Waals surface area contributed by atoms with Crippen LogP contribution in [0.25, 0.3) is 0 Å². The molecule has 4 heteroatoms. The minimum Gasteiger partial charge on any atom is -0.311 e. The zero-order valence-corrected chi connectivity index (χ0v) is 13.2. The Bertz CT molecular complexity index is 372. The predicted octanol–water partition coefficient (Wildman–Crippen LogP) is 2.90. The lowest BCUT2D eigenvalue weighted by Gasteiger charge is -2.35. The van der Waals surface area contributed by atoms with Crippen molar-refractivity contribution in [3.63, 3.8) is 0 Å². The molecule has 1 N–H and O–H groups in total. The summed E-state index contributed by atoms with van der Waals surface area (Å²) in [7, 11) is -2.85. The van der Waals surface area contributed by atoms with E-state index in [0.29, 0.717) is 12.1 Å². The Morgan fingerprint density at radius 3 is 2.26 bits per heavy atom. The Labute approximate surface area is 118 Å². The van der Waals surface area contributed by atoms with Crippen LogP contribution in [0, 0.1) is 5.92 Å². The monoisotopic (exact) mass is 287 g/mol. The molecule has 0 heterocycles. The minimum atomic E-state index is -2.85. The van der Waals surface area contributed by atoms with Gasteiger partial charge < -0.3 is 5.32 Å². The van der Waals surface area contributed by atoms with Crippen LogP contribution >= 0.6 is 0 Å². The fraction of sp³-hybridized carbons (Fsp3) is 1.00. The van der Waals surface area contributed by atoms with Crippen LogP contribution in [0.5, 0.6) is 0 Å². The number of sulfone groups is 1. The summed E-state index contributed by atoms with van der Waals surface area (Å²) >= 11 is 0. The van der Waals surface area contributed by atoms with Crippen LogP contribution in [0.3, 0.4) is 0 Å². The summed E-state index contributed by atoms with van der Waals surface area (Å²) in [4.78, 5) is 0. The normalized spacial score (nSPS) is 37.2. The van der Waals surface area contributed by atoms with Crippen LogP contribution in [0.2, 0.25) is 0 Å². The van der Waals surface area contributed by atoms with E-state index in [9.17, 15) is 8.42 Å². The molecule has 2 fully saturated rings. The van der Waals surface area contributed by atoms with E-state index in [2.05, 4.69) is 12.2 Å². The van der Waals surface area contributed by atoms with Gasteiger partial charge in [-0.25, -0.2) is 8.42 Å². The Balaban J connectivity index is 1.80. The zero-order chi connectivity index (χ0) is 13.9. The third-order valence-electron chi connectivity index (χ3n) is 5.13. The van der Waals surface area contributed by atoms with E-state index in [0.717, 1.165) is 31.6 Å². The highest BCUT2D eigenvalue weighted by Gasteiger charge is 2.30. The summed E-state index contributed by atoms with van der Waals surface area (Å²) in [5, 5.41) is 3.63. The molecule has 2 aliphatic rings. The van der Waals surface area contributed by atoms with Crippen LogP contribution in [-0.2, 0) is 9.84 Å². The molecular formula is C15H29NO2S. The van der Waals surface area contributed by atoms with Crippen molar-refractivity contribution in [3.8, 4) is 0 Å². The highest BCUT2D eigenvalue weighted by molar-refractivity contribution is 7.91. The fourth-order valence-electron chi connectivity index (χ4n) is 3.76. The van der Waals surface area contributed by atoms with Gasteiger partial charge in [-0.1, -0.05) is 19.8 Å². The van der Waals surface area contributed by atoms with Crippen LogP contribution < -0.4 is 5.32 Å². The highest BCUT2D eigenvalue weighted by atomic mass is 32.2. The molecule has 2 saturated carbocycles. The molecule has 2 rings (SSSR count). The molecule has 0 aromatic heterocycles. The van der Waals surface area contributed by atoms with Crippen LogP contribution in [0.4, 0.5) is 0 Å². The van der Waals surface area contributed by atoms with Gasteiger partial charge in [-0.2, -0.15) is 0 Å². The molecule has 2 atom stereocenters. The number of nitrogens with one attached hydrogen (secondary N) is 1. The number of hydrogen-bond acceptors (Lipinski definition) is 3. The summed E-state index contributed by atoms with van der Waals surface area (Å²) in [6.45, 7) is 2.29. The van der Waals surface area contributed by atoms with Gasteiger partial charge in [-0.05, 0) is 50.9 Å². The molecule has 19 heavy (non-hydrogen) atoms. The average Bonchev–Trinajstić information content (AvgIpc) is 2.39. The van der Waals surface area contributed by atoms with Crippen molar-refractivity contribution in [2.24, 2.45) is 5.92 Å². The molecule has 0 radical (unpaired) electrons. The molecule has 0 saturated heterocycles. The molecule has 0 bridgehead atoms. The molecule has 3 nitrogen and oxygen atoms in total. The Kier molecular flexibility index (Phi) is 5.29. The van der Waals surface area contributed by atoms with E-state index in [-0.39, 0.29) is 5.25 Å². The van der Waals surface area contributed by atoms with Gasteiger partial charge in [0.05, 0.1) is 5.25 Å². The van der Waals surface area contributed by atoms with Gasteiger partial charge in [0.2, 0.25) is 0 Å². The smallest absolute Gasteiger partial charge is 0.150 e. The lowest BCUT2D eigenvalue weighted by atomic mass is 9.83. The van der Waals surface area contributed by atoms with Crippen molar-refractivity contribution in [1.29, 1.82) is 0 Å². The molecule has 0 amide bonds. The summed E-state index contributed by atoms with van der Waals surface area (Å²) in [6, 6.07) is 1.06. The first-order valence-corrected chi connectivity index (χ1v) is 9.89. The number of hydrogen-bond donors (Lipinski definition) is 1. The van der Waals surface area contributed by atoms with Gasteiger partial charge in [-0.15, -0.1) is 0 Å². The summed E-state index contributed by atoms with van der Waals surface area (Å²) in [6.07, 6.45) is 11.8. The maximum atomic E-state index is 11.7. The first kappa shape index (κ1) is 15.3. The molecule has 0 aromatic carbocycles. The molecule has 112 valence electrons. The average molecular weight is 287 g/mol. The lowest BCUT2D eigenvalue weighted by molar-refractivity contribution is 0.249. The van der Waals surface area contributed by atoms with E-state index in [1.165, 1.54) is 38.4 Å². The Morgan fingerprint density at radius 1 is 1.00 bits per heavy atom. The summed E-state index contributed by atoms with van der Waals surface area (Å²) in [5.74, 6) is 0.924. The van der Waals surface area contributed by atoms with Gasteiger partial charge >= 0.3 is 0 Å². The van der Waals surface area contributed by atoms with E-state index in [1.54, 1.807) is 0 Å². The van der Waals surface area contributed by atoms with Gasteiger partial charge in [0, 0.05) is 18.3 Å². The first-order chi connectivity index (χ1) is 8.99. The third kappa shape index (κ3) is 4.45. The molecule has 2 aliphatic carbocycles. The van der Waals surface area contributed by atoms with Crippen molar-refractivity contribution in [3.05, 3.63) is 0 Å². The molecular weight excluding hydrogens is 258 g/mol. The topological polar surface area (TPSA) is 46.2 Å². The lowest BCUT2D eigenvalue weighted by Crippen LogP contribution is -2.45. The van der Waals surface area contributed by atoms with E-state index >= 15 is 0 Å². The van der Waals surface area contributed by atoms with Crippen LogP contribution in [0.1, 0.15) is 64.7 Å². The van der Waals surface area contributed by atoms with Crippen LogP contribution in [0.15, 0.2) is 0 Å². The van der Waals surface area contributed by atoms with Crippen LogP contribution in [-0.4, -0.2) is 32.0 Å². The predicted molar refractivity (Wildman–Crippen MR) is 80.1 cm³/mol. The maximum Gasteiger partial charge on any atom is 0.150 e. The second-order valence-electron chi connectivity index (χ2n) is 6.61. The van der Waals surface area contributed by atoms with Crippen molar-refractivity contribution < 1.29 is 8.42 Å². The second-order valence-corrected chi connectivity index (χ2v) is 8.93. The molecule has 0 spiro atoms. The summed E-state index contributed by atoms with van der Waals surface area (Å²) < 4.78 is 23.4. The molecule has 0 aliphatic heterocycles. The second kappa shape index (κ2) is 6.57. The van der Waals surface area contributed by atoms with Crippen molar-refractivity contribution in [2.75, 3.05) is 6.26 Å². The Morgan fingerprint density at radius 2 is 1.68 bits per heavy atom. The van der Waals surface area contributed by atoms with E-state index < -0.39 is 9.84 Å². The van der Waals surface area contributed by atoms with Crippen molar-refractivity contribution in [1.82, 2.24) is 5.32 Å². The van der Waals surface area contributed by atoms with Gasteiger partial charge in [0.1, 0.15) is 9.84 Å². The Hall–Kier alpha value is -0.0900. The number of rotatable bonds is 4. The van der Waals surface area contributed by atoms with Gasteiger partial charge in [0.15, 0.2) is 0 Å². The standard InChI is InChI=1S/C15H29NO2S/c1-3-12-7-9-13(10-8-12)16-14-5-4-6-15(11-14)19(2,17)18/h12-16H,3-11H2,1-2H3.